The molecule has 138 valence electrons. The average Bonchev–Trinajstić information content (AvgIpc) is 2.61. The van der Waals surface area contributed by atoms with Crippen LogP contribution < -0.4 is 14.2 Å². The van der Waals surface area contributed by atoms with Crippen LogP contribution in [0.15, 0.2) is 40.9 Å². The third kappa shape index (κ3) is 5.56. The van der Waals surface area contributed by atoms with Crippen molar-refractivity contribution in [2.75, 3.05) is 13.7 Å². The molecule has 0 saturated heterocycles. The summed E-state index contributed by atoms with van der Waals surface area (Å²) in [4.78, 5) is 23.2. The lowest BCUT2D eigenvalue weighted by atomic mass is 10.1. The largest absolute Gasteiger partial charge is 0.493 e. The Balaban J connectivity index is 1.83. The highest BCUT2D eigenvalue weighted by atomic mass is 79.9. The van der Waals surface area contributed by atoms with Crippen LogP contribution in [0.2, 0.25) is 0 Å². The van der Waals surface area contributed by atoms with Crippen molar-refractivity contribution in [2.45, 2.75) is 19.8 Å². The third-order valence-corrected chi connectivity index (χ3v) is 3.96. The number of hydrogen-bond donors (Lipinski definition) is 0. The summed E-state index contributed by atoms with van der Waals surface area (Å²) in [5.74, 6) is -0.423. The van der Waals surface area contributed by atoms with Gasteiger partial charge in [-0.05, 0) is 49.7 Å². The van der Waals surface area contributed by atoms with Crippen LogP contribution in [-0.4, -0.2) is 25.5 Å². The van der Waals surface area contributed by atoms with Gasteiger partial charge in [0, 0.05) is 16.5 Å². The molecule has 0 saturated carbocycles. The summed E-state index contributed by atoms with van der Waals surface area (Å²) in [6.45, 7) is 1.71. The smallest absolute Gasteiger partial charge is 0.311 e. The highest BCUT2D eigenvalue weighted by Gasteiger charge is 2.11. The van der Waals surface area contributed by atoms with Crippen molar-refractivity contribution in [3.8, 4) is 17.2 Å². The highest BCUT2D eigenvalue weighted by Crippen LogP contribution is 2.28. The van der Waals surface area contributed by atoms with Crippen LogP contribution in [0.25, 0.3) is 0 Å². The van der Waals surface area contributed by atoms with Gasteiger partial charge in [0.1, 0.15) is 0 Å². The van der Waals surface area contributed by atoms with Gasteiger partial charge in [0.05, 0.1) is 13.7 Å². The zero-order valence-electron chi connectivity index (χ0n) is 14.4. The van der Waals surface area contributed by atoms with E-state index in [2.05, 4.69) is 15.9 Å². The van der Waals surface area contributed by atoms with E-state index in [4.69, 9.17) is 14.2 Å². The van der Waals surface area contributed by atoms with Crippen LogP contribution >= 0.6 is 15.9 Å². The summed E-state index contributed by atoms with van der Waals surface area (Å²) in [7, 11) is 1.48. The first-order chi connectivity index (χ1) is 12.4. The number of rotatable bonds is 8. The molecule has 7 heteroatoms. The Hall–Kier alpha value is -2.41. The summed E-state index contributed by atoms with van der Waals surface area (Å²) in [6.07, 6.45) is 0.456. The molecule has 0 aromatic heterocycles. The summed E-state index contributed by atoms with van der Waals surface area (Å²) < 4.78 is 30.0. The number of methoxy groups -OCH3 is 1. The van der Waals surface area contributed by atoms with E-state index in [1.807, 2.05) is 0 Å². The summed E-state index contributed by atoms with van der Waals surface area (Å²) in [5.41, 5.74) is 0.523. The number of esters is 1. The fourth-order valence-electron chi connectivity index (χ4n) is 2.14. The molecule has 0 bridgehead atoms. The monoisotopic (exact) mass is 424 g/mol. The van der Waals surface area contributed by atoms with Crippen molar-refractivity contribution in [1.29, 1.82) is 0 Å². The Bertz CT molecular complexity index is 807. The van der Waals surface area contributed by atoms with E-state index < -0.39 is 11.8 Å². The van der Waals surface area contributed by atoms with E-state index in [0.29, 0.717) is 28.0 Å². The SMILES string of the molecule is COc1cc(C(C)=O)ccc1OCCCC(=O)Oc1ccc(Br)cc1F. The van der Waals surface area contributed by atoms with E-state index >= 15 is 0 Å². The minimum Gasteiger partial charge on any atom is -0.493 e. The maximum Gasteiger partial charge on any atom is 0.311 e. The molecule has 0 heterocycles. The van der Waals surface area contributed by atoms with Crippen molar-refractivity contribution in [3.05, 3.63) is 52.3 Å². The van der Waals surface area contributed by atoms with Gasteiger partial charge >= 0.3 is 5.97 Å². The lowest BCUT2D eigenvalue weighted by Gasteiger charge is -2.11. The lowest BCUT2D eigenvalue weighted by molar-refractivity contribution is -0.134. The molecule has 0 amide bonds. The number of carbonyl (C=O) groups is 2. The third-order valence-electron chi connectivity index (χ3n) is 3.47. The van der Waals surface area contributed by atoms with E-state index in [-0.39, 0.29) is 24.6 Å². The van der Waals surface area contributed by atoms with Gasteiger partial charge in [-0.25, -0.2) is 4.39 Å². The van der Waals surface area contributed by atoms with Gasteiger partial charge in [-0.2, -0.15) is 0 Å². The molecule has 2 aromatic rings. The molecule has 2 aromatic carbocycles. The molecule has 0 unspecified atom stereocenters. The molecule has 0 radical (unpaired) electrons. The molecule has 5 nitrogen and oxygen atoms in total. The molecular weight excluding hydrogens is 407 g/mol. The molecular formula is C19H18BrFO5. The van der Waals surface area contributed by atoms with Gasteiger partial charge in [-0.15, -0.1) is 0 Å². The Morgan fingerprint density at radius 1 is 1.08 bits per heavy atom. The van der Waals surface area contributed by atoms with Crippen LogP contribution in [-0.2, 0) is 4.79 Å². The maximum atomic E-state index is 13.6. The van der Waals surface area contributed by atoms with Crippen molar-refractivity contribution in [2.24, 2.45) is 0 Å². The Morgan fingerprint density at radius 3 is 2.46 bits per heavy atom. The number of Topliss-reactive ketones (excluding diaryl/α,β-unsaturated/α-hetero) is 1. The van der Waals surface area contributed by atoms with E-state index in [1.54, 1.807) is 24.3 Å². The quantitative estimate of drug-likeness (QED) is 0.269. The van der Waals surface area contributed by atoms with Gasteiger partial charge in [-0.1, -0.05) is 15.9 Å². The number of benzene rings is 2. The predicted molar refractivity (Wildman–Crippen MR) is 97.5 cm³/mol. The van der Waals surface area contributed by atoms with E-state index in [0.717, 1.165) is 0 Å². The van der Waals surface area contributed by atoms with Crippen molar-refractivity contribution < 1.29 is 28.2 Å². The first kappa shape index (κ1) is 19.9. The first-order valence-electron chi connectivity index (χ1n) is 7.88. The van der Waals surface area contributed by atoms with Crippen molar-refractivity contribution in [3.63, 3.8) is 0 Å². The van der Waals surface area contributed by atoms with E-state index in [1.165, 1.54) is 26.2 Å². The molecule has 0 aliphatic carbocycles. The van der Waals surface area contributed by atoms with Gasteiger partial charge < -0.3 is 14.2 Å². The average molecular weight is 425 g/mol. The normalized spacial score (nSPS) is 10.3. The molecule has 0 spiro atoms. The van der Waals surface area contributed by atoms with Crippen molar-refractivity contribution in [1.82, 2.24) is 0 Å². The molecule has 0 fully saturated rings. The number of ketones is 1. The van der Waals surface area contributed by atoms with Gasteiger partial charge in [-0.3, -0.25) is 9.59 Å². The zero-order valence-corrected chi connectivity index (χ0v) is 16.0. The Kier molecular flexibility index (Phi) is 7.15. The maximum absolute atomic E-state index is 13.6. The van der Waals surface area contributed by atoms with E-state index in [9.17, 15) is 14.0 Å². The molecule has 0 aliphatic heterocycles. The van der Waals surface area contributed by atoms with Crippen LogP contribution in [0.5, 0.6) is 17.2 Å². The fraction of sp³-hybridized carbons (Fsp3) is 0.263. The second-order valence-electron chi connectivity index (χ2n) is 5.42. The highest BCUT2D eigenvalue weighted by molar-refractivity contribution is 9.10. The summed E-state index contributed by atoms with van der Waals surface area (Å²) in [5, 5.41) is 0. The van der Waals surface area contributed by atoms with Gasteiger partial charge in [0.15, 0.2) is 28.8 Å². The topological polar surface area (TPSA) is 61.8 Å². The van der Waals surface area contributed by atoms with Crippen LogP contribution in [0.4, 0.5) is 4.39 Å². The minimum absolute atomic E-state index is 0.0715. The zero-order chi connectivity index (χ0) is 19.1. The first-order valence-corrected chi connectivity index (χ1v) is 8.67. The van der Waals surface area contributed by atoms with Crippen LogP contribution in [0, 0.1) is 5.82 Å². The minimum atomic E-state index is -0.612. The Morgan fingerprint density at radius 2 is 1.81 bits per heavy atom. The molecule has 0 N–H and O–H groups in total. The van der Waals surface area contributed by atoms with Crippen molar-refractivity contribution >= 4 is 27.7 Å². The Labute approximate surface area is 159 Å². The number of carbonyl (C=O) groups excluding carboxylic acids is 2. The van der Waals surface area contributed by atoms with Crippen LogP contribution in [0.1, 0.15) is 30.1 Å². The number of halogens is 2. The molecule has 0 aliphatic rings. The molecule has 0 atom stereocenters. The molecule has 2 rings (SSSR count). The molecule has 26 heavy (non-hydrogen) atoms. The second-order valence-corrected chi connectivity index (χ2v) is 6.34. The standard InChI is InChI=1S/C19H18BrFO5/c1-12(22)13-5-7-17(18(10-13)24-2)25-9-3-4-19(23)26-16-8-6-14(20)11-15(16)21/h5-8,10-11H,3-4,9H2,1-2H3. The van der Waals surface area contributed by atoms with Crippen LogP contribution in [0.3, 0.4) is 0 Å². The van der Waals surface area contributed by atoms with Gasteiger partial charge in [0.25, 0.3) is 0 Å². The summed E-state index contributed by atoms with van der Waals surface area (Å²) >= 11 is 3.13. The van der Waals surface area contributed by atoms with Gasteiger partial charge in [0.2, 0.25) is 0 Å². The second kappa shape index (κ2) is 9.33. The number of hydrogen-bond acceptors (Lipinski definition) is 5. The number of ether oxygens (including phenoxy) is 3. The fourth-order valence-corrected chi connectivity index (χ4v) is 2.47. The predicted octanol–water partition coefficient (Wildman–Crippen LogP) is 4.56. The lowest BCUT2D eigenvalue weighted by Crippen LogP contribution is -2.11. The summed E-state index contributed by atoms with van der Waals surface area (Å²) in [6, 6.07) is 9.09.